The fraction of sp³-hybridized carbons (Fsp3) is 0.421. The first-order valence-electron chi connectivity index (χ1n) is 9.48. The molecular weight excluding hydrogens is 394 g/mol. The molecule has 0 spiro atoms. The number of amides is 2. The quantitative estimate of drug-likeness (QED) is 0.245. The lowest BCUT2D eigenvalue weighted by Crippen LogP contribution is -2.56. The number of hydrogen-bond acceptors (Lipinski definition) is 7. The molecule has 1 unspecified atom stereocenters. The van der Waals surface area contributed by atoms with Gasteiger partial charge in [-0.3, -0.25) is 29.9 Å². The molecule has 1 aromatic rings. The van der Waals surface area contributed by atoms with E-state index in [0.29, 0.717) is 12.0 Å². The van der Waals surface area contributed by atoms with Gasteiger partial charge in [-0.25, -0.2) is 0 Å². The van der Waals surface area contributed by atoms with Crippen LogP contribution in [0.25, 0.3) is 6.08 Å². The third-order valence-corrected chi connectivity index (χ3v) is 5.44. The Kier molecular flexibility index (Phi) is 6.23. The molecule has 10 heteroatoms. The topological polar surface area (TPSA) is 108 Å². The summed E-state index contributed by atoms with van der Waals surface area (Å²) in [6.45, 7) is 6.77. The fourth-order valence-electron chi connectivity index (χ4n) is 3.37. The molecule has 2 fully saturated rings. The van der Waals surface area contributed by atoms with Crippen LogP contribution in [-0.4, -0.2) is 59.0 Å². The number of nitrogens with one attached hydrogen (secondary N) is 2. The molecule has 0 aliphatic carbocycles. The Balaban J connectivity index is 2.07. The van der Waals surface area contributed by atoms with Crippen molar-refractivity contribution in [3.63, 3.8) is 0 Å². The molecule has 2 aliphatic heterocycles. The highest BCUT2D eigenvalue weighted by Gasteiger charge is 2.36. The lowest BCUT2D eigenvalue weighted by atomic mass is 10.0. The van der Waals surface area contributed by atoms with Gasteiger partial charge in [0.1, 0.15) is 5.57 Å². The molecule has 1 aromatic carbocycles. The first-order valence-corrected chi connectivity index (χ1v) is 9.89. The number of piperazine rings is 1. The minimum atomic E-state index is -0.600. The first-order chi connectivity index (χ1) is 13.8. The number of non-ortho nitro benzene ring substituents is 1. The Labute approximate surface area is 173 Å². The number of thiocarbonyl (C=S) groups is 1. The van der Waals surface area contributed by atoms with Crippen LogP contribution in [0.1, 0.15) is 25.8 Å². The summed E-state index contributed by atoms with van der Waals surface area (Å²) < 4.78 is 0. The van der Waals surface area contributed by atoms with Gasteiger partial charge in [0, 0.05) is 55.6 Å². The average molecular weight is 417 g/mol. The highest BCUT2D eigenvalue weighted by atomic mass is 32.1. The molecule has 154 valence electrons. The zero-order chi connectivity index (χ0) is 21.1. The van der Waals surface area contributed by atoms with Crippen molar-refractivity contribution < 1.29 is 14.5 Å². The molecule has 9 nitrogen and oxygen atoms in total. The maximum absolute atomic E-state index is 13.0. The second-order valence-corrected chi connectivity index (χ2v) is 7.37. The number of anilines is 1. The van der Waals surface area contributed by atoms with Crippen LogP contribution in [0.4, 0.5) is 11.4 Å². The van der Waals surface area contributed by atoms with Crippen LogP contribution in [0.3, 0.4) is 0 Å². The van der Waals surface area contributed by atoms with Gasteiger partial charge in [-0.1, -0.05) is 6.92 Å². The Morgan fingerprint density at radius 1 is 1.31 bits per heavy atom. The maximum atomic E-state index is 13.0. The van der Waals surface area contributed by atoms with Crippen LogP contribution in [0, 0.1) is 10.1 Å². The third kappa shape index (κ3) is 4.28. The van der Waals surface area contributed by atoms with Gasteiger partial charge in [0.25, 0.3) is 17.5 Å². The van der Waals surface area contributed by atoms with E-state index in [4.69, 9.17) is 12.2 Å². The predicted octanol–water partition coefficient (Wildman–Crippen LogP) is 1.43. The predicted molar refractivity (Wildman–Crippen MR) is 113 cm³/mol. The van der Waals surface area contributed by atoms with Crippen LogP contribution in [0.5, 0.6) is 0 Å². The molecule has 0 saturated carbocycles. The van der Waals surface area contributed by atoms with E-state index in [2.05, 4.69) is 15.5 Å². The van der Waals surface area contributed by atoms with Crippen molar-refractivity contribution in [2.45, 2.75) is 26.3 Å². The third-order valence-electron chi connectivity index (χ3n) is 5.14. The summed E-state index contributed by atoms with van der Waals surface area (Å²) >= 11 is 5.17. The number of nitro benzene ring substituents is 1. The van der Waals surface area contributed by atoms with Gasteiger partial charge in [0.2, 0.25) is 0 Å². The van der Waals surface area contributed by atoms with E-state index in [1.54, 1.807) is 6.07 Å². The van der Waals surface area contributed by atoms with Crippen LogP contribution < -0.4 is 15.5 Å². The molecule has 3 rings (SSSR count). The van der Waals surface area contributed by atoms with E-state index in [1.165, 1.54) is 23.1 Å². The summed E-state index contributed by atoms with van der Waals surface area (Å²) in [6.07, 6.45) is 2.09. The summed E-state index contributed by atoms with van der Waals surface area (Å²) in [6, 6.07) is 4.31. The van der Waals surface area contributed by atoms with E-state index in [0.717, 1.165) is 31.9 Å². The number of nitro groups is 1. The Bertz CT molecular complexity index is 895. The molecule has 2 amide bonds. The number of hydrogen-bond donors (Lipinski definition) is 2. The van der Waals surface area contributed by atoms with Crippen LogP contribution >= 0.6 is 12.2 Å². The molecule has 1 atom stereocenters. The average Bonchev–Trinajstić information content (AvgIpc) is 2.71. The molecule has 0 bridgehead atoms. The number of nitrogens with zero attached hydrogens (tertiary/aromatic N) is 3. The maximum Gasteiger partial charge on any atom is 0.270 e. The Hall–Kier alpha value is -2.85. The van der Waals surface area contributed by atoms with Crippen molar-refractivity contribution >= 4 is 46.6 Å². The lowest BCUT2D eigenvalue weighted by molar-refractivity contribution is -0.384. The van der Waals surface area contributed by atoms with Crippen molar-refractivity contribution in [1.29, 1.82) is 0 Å². The van der Waals surface area contributed by atoms with Crippen molar-refractivity contribution in [2.75, 3.05) is 31.1 Å². The van der Waals surface area contributed by atoms with Gasteiger partial charge >= 0.3 is 0 Å². The lowest BCUT2D eigenvalue weighted by Gasteiger charge is -2.33. The number of carbonyl (C=O) groups excluding carboxylic acids is 2. The highest BCUT2D eigenvalue weighted by molar-refractivity contribution is 7.80. The minimum absolute atomic E-state index is 0.0767. The van der Waals surface area contributed by atoms with E-state index < -0.39 is 16.7 Å². The van der Waals surface area contributed by atoms with E-state index in [-0.39, 0.29) is 22.4 Å². The highest BCUT2D eigenvalue weighted by Crippen LogP contribution is 2.29. The zero-order valence-corrected chi connectivity index (χ0v) is 17.1. The van der Waals surface area contributed by atoms with Crippen LogP contribution in [-0.2, 0) is 9.59 Å². The summed E-state index contributed by atoms with van der Waals surface area (Å²) in [5.41, 5.74) is 1.01. The summed E-state index contributed by atoms with van der Waals surface area (Å²) in [5, 5.41) is 17.2. The van der Waals surface area contributed by atoms with Crippen LogP contribution in [0.2, 0.25) is 0 Å². The van der Waals surface area contributed by atoms with E-state index in [1.807, 2.05) is 13.8 Å². The number of benzene rings is 1. The van der Waals surface area contributed by atoms with Gasteiger partial charge < -0.3 is 10.2 Å². The first kappa shape index (κ1) is 20.9. The number of rotatable bonds is 5. The second kappa shape index (κ2) is 8.66. The second-order valence-electron chi connectivity index (χ2n) is 6.99. The molecule has 2 saturated heterocycles. The van der Waals surface area contributed by atoms with Gasteiger partial charge in [-0.05, 0) is 37.7 Å². The normalized spacial score (nSPS) is 20.1. The fourth-order valence-corrected chi connectivity index (χ4v) is 3.73. The van der Waals surface area contributed by atoms with Gasteiger partial charge in [0.15, 0.2) is 5.11 Å². The molecule has 2 aliphatic rings. The largest absolute Gasteiger partial charge is 0.368 e. The van der Waals surface area contributed by atoms with E-state index >= 15 is 0 Å². The zero-order valence-electron chi connectivity index (χ0n) is 16.3. The Morgan fingerprint density at radius 3 is 2.62 bits per heavy atom. The minimum Gasteiger partial charge on any atom is -0.368 e. The number of carbonyl (C=O) groups is 2. The monoisotopic (exact) mass is 417 g/mol. The van der Waals surface area contributed by atoms with Crippen LogP contribution in [0.15, 0.2) is 23.8 Å². The summed E-state index contributed by atoms with van der Waals surface area (Å²) in [4.78, 5) is 39.8. The Morgan fingerprint density at radius 2 is 2.00 bits per heavy atom. The SMILES string of the molecule is CCC(C)N1C(=O)/C(=C\c2cc([N+](=O)[O-])ccc2N2CCNCC2)C(=O)NC1=S. The molecule has 0 radical (unpaired) electrons. The van der Waals surface area contributed by atoms with Crippen molar-refractivity contribution in [3.8, 4) is 0 Å². The summed E-state index contributed by atoms with van der Waals surface area (Å²) in [7, 11) is 0. The molecule has 2 N–H and O–H groups in total. The molecule has 29 heavy (non-hydrogen) atoms. The molecular formula is C19H23N5O4S. The smallest absolute Gasteiger partial charge is 0.270 e. The van der Waals surface area contributed by atoms with Gasteiger partial charge in [0.05, 0.1) is 4.92 Å². The molecule has 0 aromatic heterocycles. The van der Waals surface area contributed by atoms with Crippen molar-refractivity contribution in [2.24, 2.45) is 0 Å². The van der Waals surface area contributed by atoms with Gasteiger partial charge in [-0.15, -0.1) is 0 Å². The molecule has 2 heterocycles. The standard InChI is InChI=1S/C19H23N5O4S/c1-3-12(2)23-18(26)15(17(25)21-19(23)29)11-13-10-14(24(27)28)4-5-16(13)22-8-6-20-7-9-22/h4-5,10-12,20H,3,6-9H2,1-2H3,(H,21,25,29)/b15-11-. The summed E-state index contributed by atoms with van der Waals surface area (Å²) in [5.74, 6) is -1.09. The van der Waals surface area contributed by atoms with Crippen molar-refractivity contribution in [1.82, 2.24) is 15.5 Å². The van der Waals surface area contributed by atoms with Crippen molar-refractivity contribution in [3.05, 3.63) is 39.4 Å². The van der Waals surface area contributed by atoms with E-state index in [9.17, 15) is 19.7 Å². The van der Waals surface area contributed by atoms with Gasteiger partial charge in [-0.2, -0.15) is 0 Å².